The van der Waals surface area contributed by atoms with Crippen LogP contribution in [0.15, 0.2) is 0 Å². The van der Waals surface area contributed by atoms with Crippen LogP contribution in [0.3, 0.4) is 0 Å². The summed E-state index contributed by atoms with van der Waals surface area (Å²) >= 11 is 0. The first-order valence-electron chi connectivity index (χ1n) is 8.66. The highest BCUT2D eigenvalue weighted by Gasteiger charge is 2.34. The number of nitrogens with zero attached hydrogens (tertiary/aromatic N) is 2. The van der Waals surface area contributed by atoms with Crippen molar-refractivity contribution in [1.29, 1.82) is 0 Å². The third-order valence-electron chi connectivity index (χ3n) is 5.01. The van der Waals surface area contributed by atoms with Crippen molar-refractivity contribution in [2.45, 2.75) is 45.4 Å². The van der Waals surface area contributed by atoms with Crippen molar-refractivity contribution in [3.8, 4) is 0 Å². The van der Waals surface area contributed by atoms with Gasteiger partial charge in [-0.3, -0.25) is 14.4 Å². The van der Waals surface area contributed by atoms with Crippen molar-refractivity contribution in [3.05, 3.63) is 0 Å². The lowest BCUT2D eigenvalue weighted by Gasteiger charge is -2.36. The second-order valence-corrected chi connectivity index (χ2v) is 6.71. The molecule has 0 aromatic carbocycles. The molecule has 0 bridgehead atoms. The molecule has 23 heavy (non-hydrogen) atoms. The Morgan fingerprint density at radius 1 is 1.17 bits per heavy atom. The molecule has 0 N–H and O–H groups in total. The number of methoxy groups -OCH3 is 1. The lowest BCUT2D eigenvalue weighted by Crippen LogP contribution is -2.49. The number of rotatable bonds is 3. The highest BCUT2D eigenvalue weighted by Crippen LogP contribution is 2.24. The van der Waals surface area contributed by atoms with Crippen molar-refractivity contribution in [3.63, 3.8) is 0 Å². The molecule has 6 nitrogen and oxygen atoms in total. The van der Waals surface area contributed by atoms with E-state index >= 15 is 0 Å². The maximum Gasteiger partial charge on any atom is 0.309 e. The third-order valence-corrected chi connectivity index (χ3v) is 5.01. The summed E-state index contributed by atoms with van der Waals surface area (Å²) in [4.78, 5) is 39.8. The van der Waals surface area contributed by atoms with E-state index in [2.05, 4.69) is 0 Å². The lowest BCUT2D eigenvalue weighted by molar-refractivity contribution is -0.152. The predicted molar refractivity (Wildman–Crippen MR) is 85.5 cm³/mol. The molecule has 2 atom stereocenters. The van der Waals surface area contributed by atoms with Gasteiger partial charge in [0.2, 0.25) is 11.8 Å². The van der Waals surface area contributed by atoms with Crippen LogP contribution in [-0.2, 0) is 19.1 Å². The maximum absolute atomic E-state index is 12.5. The Morgan fingerprint density at radius 3 is 2.61 bits per heavy atom. The molecule has 2 amide bonds. The van der Waals surface area contributed by atoms with E-state index in [0.717, 1.165) is 25.7 Å². The Hall–Kier alpha value is -1.59. The Labute approximate surface area is 138 Å². The third kappa shape index (κ3) is 4.69. The molecule has 130 valence electrons. The lowest BCUT2D eigenvalue weighted by atomic mass is 9.87. The van der Waals surface area contributed by atoms with Crippen LogP contribution >= 0.6 is 0 Å². The molecule has 2 saturated heterocycles. The van der Waals surface area contributed by atoms with E-state index in [1.807, 2.05) is 6.92 Å². The molecule has 2 aliphatic heterocycles. The van der Waals surface area contributed by atoms with Gasteiger partial charge in [0.15, 0.2) is 0 Å². The van der Waals surface area contributed by atoms with Gasteiger partial charge < -0.3 is 14.5 Å². The van der Waals surface area contributed by atoms with Crippen molar-refractivity contribution in [1.82, 2.24) is 9.80 Å². The average molecular weight is 324 g/mol. The Bertz CT molecular complexity index is 452. The highest BCUT2D eigenvalue weighted by atomic mass is 16.5. The number of ether oxygens (including phenoxy) is 1. The first-order valence-corrected chi connectivity index (χ1v) is 8.66. The standard InChI is InChI=1S/C17H28N2O4/c1-13-11-19(10-8-14(13)17(22)23-2)16(21)12-18-9-6-4-3-5-7-15(18)20/h13-14H,3-12H2,1-2H3/t13-,14-/m0/s1. The summed E-state index contributed by atoms with van der Waals surface area (Å²) in [5.74, 6) is -0.149. The monoisotopic (exact) mass is 324 g/mol. The van der Waals surface area contributed by atoms with E-state index in [1.165, 1.54) is 7.11 Å². The van der Waals surface area contributed by atoms with E-state index in [0.29, 0.717) is 32.5 Å². The molecule has 2 heterocycles. The van der Waals surface area contributed by atoms with Crippen LogP contribution in [0.2, 0.25) is 0 Å². The number of carbonyl (C=O) groups excluding carboxylic acids is 3. The highest BCUT2D eigenvalue weighted by molar-refractivity contribution is 5.85. The Balaban J connectivity index is 1.88. The molecule has 0 aliphatic carbocycles. The minimum absolute atomic E-state index is 0.00547. The van der Waals surface area contributed by atoms with Crippen LogP contribution in [-0.4, -0.2) is 60.9 Å². The van der Waals surface area contributed by atoms with Gasteiger partial charge in [-0.15, -0.1) is 0 Å². The van der Waals surface area contributed by atoms with Crippen molar-refractivity contribution < 1.29 is 19.1 Å². The predicted octanol–water partition coefficient (Wildman–Crippen LogP) is 1.44. The molecule has 0 aromatic heterocycles. The van der Waals surface area contributed by atoms with Gasteiger partial charge in [0.05, 0.1) is 19.6 Å². The normalized spacial score (nSPS) is 26.4. The summed E-state index contributed by atoms with van der Waals surface area (Å²) in [6.45, 7) is 3.95. The summed E-state index contributed by atoms with van der Waals surface area (Å²) in [5.41, 5.74) is 0. The molecule has 0 unspecified atom stereocenters. The number of piperidine rings is 1. The molecule has 2 rings (SSSR count). The smallest absolute Gasteiger partial charge is 0.309 e. The van der Waals surface area contributed by atoms with Crippen molar-refractivity contribution >= 4 is 17.8 Å². The van der Waals surface area contributed by atoms with Crippen molar-refractivity contribution in [2.24, 2.45) is 11.8 Å². The Kier molecular flexibility index (Phi) is 6.42. The SMILES string of the molecule is COC(=O)[C@H]1CCN(C(=O)CN2CCCCCCC2=O)C[C@@H]1C. The molecular formula is C17H28N2O4. The van der Waals surface area contributed by atoms with Gasteiger partial charge >= 0.3 is 5.97 Å². The van der Waals surface area contributed by atoms with Gasteiger partial charge in [-0.2, -0.15) is 0 Å². The van der Waals surface area contributed by atoms with E-state index in [-0.39, 0.29) is 36.2 Å². The number of likely N-dealkylation sites (tertiary alicyclic amines) is 2. The Morgan fingerprint density at radius 2 is 1.91 bits per heavy atom. The summed E-state index contributed by atoms with van der Waals surface area (Å²) in [6.07, 6.45) is 5.30. The topological polar surface area (TPSA) is 66.9 Å². The summed E-state index contributed by atoms with van der Waals surface area (Å²) in [6, 6.07) is 0. The fraction of sp³-hybridized carbons (Fsp3) is 0.824. The zero-order valence-corrected chi connectivity index (χ0v) is 14.3. The minimum Gasteiger partial charge on any atom is -0.469 e. The summed E-state index contributed by atoms with van der Waals surface area (Å²) in [7, 11) is 1.40. The van der Waals surface area contributed by atoms with Crippen LogP contribution in [0.1, 0.15) is 45.4 Å². The first kappa shape index (κ1) is 17.8. The first-order chi connectivity index (χ1) is 11.0. The van der Waals surface area contributed by atoms with Crippen LogP contribution in [0.4, 0.5) is 0 Å². The van der Waals surface area contributed by atoms with E-state index in [4.69, 9.17) is 4.74 Å². The van der Waals surface area contributed by atoms with E-state index in [1.54, 1.807) is 9.80 Å². The molecule has 0 aromatic rings. The van der Waals surface area contributed by atoms with Crippen LogP contribution in [0, 0.1) is 11.8 Å². The van der Waals surface area contributed by atoms with Gasteiger partial charge in [0.1, 0.15) is 0 Å². The van der Waals surface area contributed by atoms with Crippen LogP contribution in [0.25, 0.3) is 0 Å². The maximum atomic E-state index is 12.5. The largest absolute Gasteiger partial charge is 0.469 e. The molecule has 0 radical (unpaired) electrons. The van der Waals surface area contributed by atoms with Gasteiger partial charge in [-0.25, -0.2) is 0 Å². The number of amides is 2. The molecule has 2 aliphatic rings. The fourth-order valence-corrected chi connectivity index (χ4v) is 3.52. The quantitative estimate of drug-likeness (QED) is 0.737. The van der Waals surface area contributed by atoms with Gasteiger partial charge in [0.25, 0.3) is 0 Å². The summed E-state index contributed by atoms with van der Waals surface area (Å²) in [5, 5.41) is 0. The molecule has 6 heteroatoms. The number of hydrogen-bond acceptors (Lipinski definition) is 4. The second kappa shape index (κ2) is 8.31. The number of hydrogen-bond donors (Lipinski definition) is 0. The van der Waals surface area contributed by atoms with Crippen LogP contribution < -0.4 is 0 Å². The molecule has 2 fully saturated rings. The minimum atomic E-state index is -0.191. The van der Waals surface area contributed by atoms with Gasteiger partial charge in [-0.1, -0.05) is 19.8 Å². The number of carbonyl (C=O) groups is 3. The summed E-state index contributed by atoms with van der Waals surface area (Å²) < 4.78 is 4.82. The fourth-order valence-electron chi connectivity index (χ4n) is 3.52. The van der Waals surface area contributed by atoms with Gasteiger partial charge in [-0.05, 0) is 25.2 Å². The molecule has 0 spiro atoms. The van der Waals surface area contributed by atoms with Gasteiger partial charge in [0, 0.05) is 26.1 Å². The van der Waals surface area contributed by atoms with E-state index in [9.17, 15) is 14.4 Å². The molecular weight excluding hydrogens is 296 g/mol. The van der Waals surface area contributed by atoms with Crippen molar-refractivity contribution in [2.75, 3.05) is 33.3 Å². The van der Waals surface area contributed by atoms with E-state index < -0.39 is 0 Å². The molecule has 0 saturated carbocycles. The second-order valence-electron chi connectivity index (χ2n) is 6.71. The average Bonchev–Trinajstić information content (AvgIpc) is 2.53. The zero-order chi connectivity index (χ0) is 16.8. The zero-order valence-electron chi connectivity index (χ0n) is 14.3. The number of esters is 1. The van der Waals surface area contributed by atoms with Crippen LogP contribution in [0.5, 0.6) is 0 Å².